The molecule has 0 bridgehead atoms. The van der Waals surface area contributed by atoms with E-state index in [0.717, 1.165) is 30.1 Å². The zero-order valence-electron chi connectivity index (χ0n) is 16.4. The van der Waals surface area contributed by atoms with E-state index in [9.17, 15) is 5.26 Å². The average Bonchev–Trinajstić information content (AvgIpc) is 2.66. The van der Waals surface area contributed by atoms with Crippen molar-refractivity contribution < 1.29 is 0 Å². The van der Waals surface area contributed by atoms with Gasteiger partial charge in [0.2, 0.25) is 5.95 Å². The lowest BCUT2D eigenvalue weighted by Gasteiger charge is -2.40. The molecule has 2 atom stereocenters. The fourth-order valence-electron chi connectivity index (χ4n) is 3.88. The van der Waals surface area contributed by atoms with E-state index in [-0.39, 0.29) is 0 Å². The highest BCUT2D eigenvalue weighted by Crippen LogP contribution is 2.44. The van der Waals surface area contributed by atoms with Crippen LogP contribution in [0.25, 0.3) is 0 Å². The summed E-state index contributed by atoms with van der Waals surface area (Å²) >= 11 is 0. The second-order valence-electron chi connectivity index (χ2n) is 8.28. The summed E-state index contributed by atoms with van der Waals surface area (Å²) in [6.45, 7) is 7.74. The zero-order chi connectivity index (χ0) is 19.3. The molecule has 2 aromatic heterocycles. The summed E-state index contributed by atoms with van der Waals surface area (Å²) in [5.74, 6) is 1.90. The Morgan fingerprint density at radius 1 is 1.22 bits per heavy atom. The van der Waals surface area contributed by atoms with Crippen LogP contribution < -0.4 is 5.32 Å². The average molecular weight is 364 g/mol. The van der Waals surface area contributed by atoms with Gasteiger partial charge in [-0.1, -0.05) is 20.8 Å². The number of nitriles is 1. The van der Waals surface area contributed by atoms with E-state index in [4.69, 9.17) is 0 Å². The molecule has 0 aromatic carbocycles. The molecule has 0 spiro atoms. The van der Waals surface area contributed by atoms with Crippen LogP contribution >= 0.6 is 0 Å². The molecule has 0 aliphatic heterocycles. The minimum absolute atomic E-state index is 0.348. The number of hydrogen-bond donors (Lipinski definition) is 1. The monoisotopic (exact) mass is 364 g/mol. The van der Waals surface area contributed by atoms with Crippen molar-refractivity contribution in [3.8, 4) is 6.07 Å². The van der Waals surface area contributed by atoms with E-state index >= 15 is 0 Å². The summed E-state index contributed by atoms with van der Waals surface area (Å²) in [7, 11) is 0. The van der Waals surface area contributed by atoms with E-state index < -0.39 is 0 Å². The van der Waals surface area contributed by atoms with E-state index in [1.54, 1.807) is 24.8 Å². The van der Waals surface area contributed by atoms with Gasteiger partial charge in [0.05, 0.1) is 23.1 Å². The van der Waals surface area contributed by atoms with Gasteiger partial charge in [-0.2, -0.15) is 5.26 Å². The topological polar surface area (TPSA) is 87.4 Å². The third kappa shape index (κ3) is 5.00. The molecule has 1 aliphatic rings. The molecular formula is C21H28N6. The molecule has 6 nitrogen and oxygen atoms in total. The molecule has 1 saturated carbocycles. The lowest BCUT2D eigenvalue weighted by atomic mass is 9.65. The summed E-state index contributed by atoms with van der Waals surface area (Å²) in [4.78, 5) is 17.3. The van der Waals surface area contributed by atoms with Crippen molar-refractivity contribution >= 4 is 5.95 Å². The van der Waals surface area contributed by atoms with E-state index in [1.807, 2.05) is 0 Å². The molecule has 1 fully saturated rings. The summed E-state index contributed by atoms with van der Waals surface area (Å²) < 4.78 is 0. The molecule has 2 aromatic rings. The quantitative estimate of drug-likeness (QED) is 0.839. The van der Waals surface area contributed by atoms with Crippen molar-refractivity contribution in [2.24, 2.45) is 17.3 Å². The van der Waals surface area contributed by atoms with Crippen molar-refractivity contribution in [3.63, 3.8) is 0 Å². The maximum Gasteiger partial charge on any atom is 0.222 e. The van der Waals surface area contributed by atoms with Gasteiger partial charge in [0, 0.05) is 31.6 Å². The van der Waals surface area contributed by atoms with E-state index in [2.05, 4.69) is 52.1 Å². The van der Waals surface area contributed by atoms with Crippen molar-refractivity contribution in [3.05, 3.63) is 41.7 Å². The summed E-state index contributed by atoms with van der Waals surface area (Å²) in [5, 5.41) is 12.7. The second-order valence-corrected chi connectivity index (χ2v) is 8.28. The van der Waals surface area contributed by atoms with Crippen LogP contribution in [0.4, 0.5) is 5.95 Å². The molecule has 27 heavy (non-hydrogen) atoms. The summed E-state index contributed by atoms with van der Waals surface area (Å²) in [6, 6.07) is 2.25. The SMILES string of the molecule is C[C@H]1CC[C@@H](Cc2nc(NCCc3cnccn3)ncc2C#N)CC1(C)C. The standard InChI is InChI=1S/C21H28N6/c1-15-4-5-16(11-21(15,2)3)10-19-17(12-22)13-26-20(27-19)25-7-6-18-14-23-8-9-24-18/h8-9,13-16H,4-7,10-11H2,1-3H3,(H,25,26,27)/t15-,16-/m0/s1. The van der Waals surface area contributed by atoms with Crippen LogP contribution in [0.1, 0.15) is 57.0 Å². The van der Waals surface area contributed by atoms with Gasteiger partial charge < -0.3 is 5.32 Å². The summed E-state index contributed by atoms with van der Waals surface area (Å²) in [6.07, 6.45) is 12.0. The third-order valence-corrected chi connectivity index (χ3v) is 5.91. The van der Waals surface area contributed by atoms with Gasteiger partial charge in [-0.05, 0) is 42.9 Å². The first-order chi connectivity index (χ1) is 13.0. The van der Waals surface area contributed by atoms with Gasteiger partial charge in [-0.25, -0.2) is 9.97 Å². The van der Waals surface area contributed by atoms with Crippen molar-refractivity contribution in [1.29, 1.82) is 5.26 Å². The molecule has 1 N–H and O–H groups in total. The lowest BCUT2D eigenvalue weighted by Crippen LogP contribution is -2.31. The molecule has 0 amide bonds. The van der Waals surface area contributed by atoms with Gasteiger partial charge in [-0.3, -0.25) is 9.97 Å². The minimum atomic E-state index is 0.348. The molecule has 142 valence electrons. The molecule has 0 saturated heterocycles. The van der Waals surface area contributed by atoms with Gasteiger partial charge >= 0.3 is 0 Å². The second kappa shape index (κ2) is 8.43. The Balaban J connectivity index is 1.64. The van der Waals surface area contributed by atoms with Crippen molar-refractivity contribution in [1.82, 2.24) is 19.9 Å². The Morgan fingerprint density at radius 2 is 2.07 bits per heavy atom. The first-order valence-electron chi connectivity index (χ1n) is 9.72. The molecule has 2 heterocycles. The smallest absolute Gasteiger partial charge is 0.222 e. The van der Waals surface area contributed by atoms with Crippen LogP contribution in [-0.4, -0.2) is 26.5 Å². The molecule has 0 unspecified atom stereocenters. The van der Waals surface area contributed by atoms with E-state index in [1.165, 1.54) is 19.3 Å². The van der Waals surface area contributed by atoms with Gasteiger partial charge in [-0.15, -0.1) is 0 Å². The third-order valence-electron chi connectivity index (χ3n) is 5.91. The summed E-state index contributed by atoms with van der Waals surface area (Å²) in [5.41, 5.74) is 2.73. The Bertz CT molecular complexity index is 796. The number of anilines is 1. The zero-order valence-corrected chi connectivity index (χ0v) is 16.4. The normalized spacial score (nSPS) is 21.4. The van der Waals surface area contributed by atoms with Gasteiger partial charge in [0.15, 0.2) is 0 Å². The number of nitrogens with one attached hydrogen (secondary N) is 1. The largest absolute Gasteiger partial charge is 0.354 e. The fourth-order valence-corrected chi connectivity index (χ4v) is 3.88. The van der Waals surface area contributed by atoms with Crippen LogP contribution in [0.2, 0.25) is 0 Å². The Hall–Kier alpha value is -2.55. The first-order valence-corrected chi connectivity index (χ1v) is 9.72. The maximum absolute atomic E-state index is 9.44. The predicted octanol–water partition coefficient (Wildman–Crippen LogP) is 3.80. The Morgan fingerprint density at radius 3 is 2.78 bits per heavy atom. The van der Waals surface area contributed by atoms with Crippen LogP contribution in [-0.2, 0) is 12.8 Å². The number of aromatic nitrogens is 4. The fraction of sp³-hybridized carbons (Fsp3) is 0.571. The number of rotatable bonds is 6. The molecular weight excluding hydrogens is 336 g/mol. The van der Waals surface area contributed by atoms with Crippen molar-refractivity contribution in [2.75, 3.05) is 11.9 Å². The van der Waals surface area contributed by atoms with Gasteiger partial charge in [0.1, 0.15) is 6.07 Å². The minimum Gasteiger partial charge on any atom is -0.354 e. The predicted molar refractivity (Wildman–Crippen MR) is 105 cm³/mol. The van der Waals surface area contributed by atoms with Crippen LogP contribution in [0.3, 0.4) is 0 Å². The molecule has 0 radical (unpaired) electrons. The van der Waals surface area contributed by atoms with Crippen LogP contribution in [0, 0.1) is 28.6 Å². The molecule has 6 heteroatoms. The first kappa shape index (κ1) is 19.2. The molecule has 3 rings (SSSR count). The van der Waals surface area contributed by atoms with Crippen molar-refractivity contribution in [2.45, 2.75) is 52.9 Å². The van der Waals surface area contributed by atoms with E-state index in [0.29, 0.717) is 29.4 Å². The number of hydrogen-bond acceptors (Lipinski definition) is 6. The Labute approximate surface area is 161 Å². The van der Waals surface area contributed by atoms with Crippen LogP contribution in [0.5, 0.6) is 0 Å². The highest BCUT2D eigenvalue weighted by atomic mass is 15.1. The van der Waals surface area contributed by atoms with Gasteiger partial charge in [0.25, 0.3) is 0 Å². The molecule has 1 aliphatic carbocycles. The Kier molecular flexibility index (Phi) is 6.00. The highest BCUT2D eigenvalue weighted by molar-refractivity contribution is 5.37. The maximum atomic E-state index is 9.44. The lowest BCUT2D eigenvalue weighted by molar-refractivity contribution is 0.107. The van der Waals surface area contributed by atoms with Crippen LogP contribution in [0.15, 0.2) is 24.8 Å². The number of nitrogens with zero attached hydrogens (tertiary/aromatic N) is 5. The highest BCUT2D eigenvalue weighted by Gasteiger charge is 2.34.